The molecule has 240 valence electrons. The van der Waals surface area contributed by atoms with Crippen LogP contribution in [0.15, 0.2) is 140 Å². The van der Waals surface area contributed by atoms with Crippen molar-refractivity contribution in [2.45, 2.75) is 25.2 Å². The second kappa shape index (κ2) is 11.9. The van der Waals surface area contributed by atoms with E-state index >= 15 is 0 Å². The fourth-order valence-electron chi connectivity index (χ4n) is 8.51. The summed E-state index contributed by atoms with van der Waals surface area (Å²) in [6.07, 6.45) is 5.52. The molecular formula is C46H31N5. The highest BCUT2D eigenvalue weighted by Gasteiger charge is 2.29. The number of hydrogen-bond donors (Lipinski definition) is 0. The molecule has 5 nitrogen and oxygen atoms in total. The summed E-state index contributed by atoms with van der Waals surface area (Å²) in [5, 5.41) is 34.5. The first-order valence-electron chi connectivity index (χ1n) is 17.3. The number of allylic oxidation sites excluding steroid dienone is 2. The molecule has 9 rings (SSSR count). The van der Waals surface area contributed by atoms with Crippen LogP contribution >= 0.6 is 0 Å². The van der Waals surface area contributed by atoms with Crippen molar-refractivity contribution in [2.24, 2.45) is 5.92 Å². The van der Waals surface area contributed by atoms with E-state index in [1.54, 1.807) is 0 Å². The number of hydrogen-bond acceptors (Lipinski definition) is 3. The van der Waals surface area contributed by atoms with Gasteiger partial charge >= 0.3 is 0 Å². The van der Waals surface area contributed by atoms with Crippen LogP contribution in [0.5, 0.6) is 0 Å². The molecule has 0 radical (unpaired) electrons. The fourth-order valence-corrected chi connectivity index (χ4v) is 8.51. The molecule has 1 aliphatic carbocycles. The van der Waals surface area contributed by atoms with Gasteiger partial charge in [0.1, 0.15) is 6.07 Å². The van der Waals surface area contributed by atoms with Crippen LogP contribution in [0.2, 0.25) is 0 Å². The third-order valence-corrected chi connectivity index (χ3v) is 10.7. The molecule has 0 N–H and O–H groups in total. The molecule has 2 aromatic heterocycles. The van der Waals surface area contributed by atoms with Crippen LogP contribution in [-0.2, 0) is 0 Å². The summed E-state index contributed by atoms with van der Waals surface area (Å²) in [5.41, 5.74) is 10.2. The van der Waals surface area contributed by atoms with Crippen LogP contribution in [0.3, 0.4) is 0 Å². The maximum atomic E-state index is 10.4. The molecule has 8 aromatic rings. The quantitative estimate of drug-likeness (QED) is 0.177. The third kappa shape index (κ3) is 4.66. The van der Waals surface area contributed by atoms with Crippen LogP contribution in [0.1, 0.15) is 53.0 Å². The third-order valence-electron chi connectivity index (χ3n) is 10.7. The normalized spacial score (nSPS) is 17.1. The topological polar surface area (TPSA) is 81.2 Å². The van der Waals surface area contributed by atoms with Crippen molar-refractivity contribution in [1.29, 1.82) is 15.8 Å². The molecule has 1 aliphatic rings. The first-order valence-corrected chi connectivity index (χ1v) is 17.3. The Hall–Kier alpha value is -6.87. The first-order chi connectivity index (χ1) is 25.1. The van der Waals surface area contributed by atoms with Crippen molar-refractivity contribution in [3.8, 4) is 29.6 Å². The molecule has 2 heterocycles. The van der Waals surface area contributed by atoms with E-state index in [1.807, 2.05) is 48.5 Å². The van der Waals surface area contributed by atoms with E-state index in [9.17, 15) is 15.8 Å². The average Bonchev–Trinajstić information content (AvgIpc) is 3.70. The maximum absolute atomic E-state index is 10.4. The number of nitrogens with zero attached hydrogens (tertiary/aromatic N) is 5. The lowest BCUT2D eigenvalue weighted by atomic mass is 9.73. The number of aromatic nitrogens is 2. The minimum absolute atomic E-state index is 0.0649. The lowest BCUT2D eigenvalue weighted by Gasteiger charge is -2.32. The number of fused-ring (bicyclic) bond motifs is 6. The lowest BCUT2D eigenvalue weighted by molar-refractivity contribution is 0.439. The van der Waals surface area contributed by atoms with Crippen LogP contribution in [0.4, 0.5) is 0 Å². The summed E-state index contributed by atoms with van der Waals surface area (Å²) in [6.45, 7) is 2.31. The van der Waals surface area contributed by atoms with Crippen molar-refractivity contribution < 1.29 is 0 Å². The van der Waals surface area contributed by atoms with Gasteiger partial charge in [0.25, 0.3) is 0 Å². The minimum Gasteiger partial charge on any atom is -0.309 e. The molecule has 6 aromatic carbocycles. The van der Waals surface area contributed by atoms with Crippen LogP contribution < -0.4 is 0 Å². The molecule has 51 heavy (non-hydrogen) atoms. The Bertz CT molecular complexity index is 2810. The Kier molecular flexibility index (Phi) is 7.06. The summed E-state index contributed by atoms with van der Waals surface area (Å²) in [7, 11) is 0. The van der Waals surface area contributed by atoms with Gasteiger partial charge in [-0.2, -0.15) is 15.8 Å². The molecule has 0 aliphatic heterocycles. The number of nitriles is 3. The van der Waals surface area contributed by atoms with Crippen molar-refractivity contribution >= 4 is 43.6 Å². The summed E-state index contributed by atoms with van der Waals surface area (Å²) in [5.74, 6) is 0.523. The van der Waals surface area contributed by atoms with Gasteiger partial charge in [0.15, 0.2) is 0 Å². The zero-order valence-electron chi connectivity index (χ0n) is 28.0. The SMILES string of the molecule is CC1CC(c2c(C#N)cccc2-n2c3ccccc3c3ccccc32)C=CC1c1cccc(-n2c3ccc(C#N)cc3c3cccc(C#N)c32)c1. The smallest absolute Gasteiger partial charge is 0.101 e. The van der Waals surface area contributed by atoms with Crippen LogP contribution in [0.25, 0.3) is 55.0 Å². The van der Waals surface area contributed by atoms with Crippen molar-refractivity contribution in [1.82, 2.24) is 9.13 Å². The molecule has 5 heteroatoms. The summed E-state index contributed by atoms with van der Waals surface area (Å²) in [6, 6.07) is 50.4. The van der Waals surface area contributed by atoms with Gasteiger partial charge in [-0.05, 0) is 78.6 Å². The van der Waals surface area contributed by atoms with E-state index in [0.717, 1.165) is 56.2 Å². The van der Waals surface area contributed by atoms with E-state index in [-0.39, 0.29) is 11.8 Å². The largest absolute Gasteiger partial charge is 0.309 e. The predicted molar refractivity (Wildman–Crippen MR) is 204 cm³/mol. The van der Waals surface area contributed by atoms with Gasteiger partial charge in [0, 0.05) is 44.6 Å². The maximum Gasteiger partial charge on any atom is 0.101 e. The zero-order valence-corrected chi connectivity index (χ0v) is 28.0. The highest BCUT2D eigenvalue weighted by atomic mass is 15.0. The molecule has 0 saturated heterocycles. The molecule has 0 bridgehead atoms. The molecule has 3 atom stereocenters. The van der Waals surface area contributed by atoms with Crippen LogP contribution in [0, 0.1) is 39.9 Å². The van der Waals surface area contributed by atoms with Crippen LogP contribution in [-0.4, -0.2) is 9.13 Å². The second-order valence-electron chi connectivity index (χ2n) is 13.5. The van der Waals surface area contributed by atoms with Gasteiger partial charge in [-0.1, -0.05) is 85.8 Å². The Balaban J connectivity index is 1.15. The Morgan fingerprint density at radius 1 is 0.569 bits per heavy atom. The minimum atomic E-state index is 0.0649. The van der Waals surface area contributed by atoms with Crippen molar-refractivity contribution in [3.05, 3.63) is 167 Å². The second-order valence-corrected chi connectivity index (χ2v) is 13.5. The molecule has 0 spiro atoms. The first kappa shape index (κ1) is 30.2. The Morgan fingerprint density at radius 3 is 1.96 bits per heavy atom. The van der Waals surface area contributed by atoms with E-state index in [4.69, 9.17) is 0 Å². The van der Waals surface area contributed by atoms with Gasteiger partial charge in [0.2, 0.25) is 0 Å². The van der Waals surface area contributed by atoms with Gasteiger partial charge < -0.3 is 9.13 Å². The summed E-state index contributed by atoms with van der Waals surface area (Å²) in [4.78, 5) is 0. The summed E-state index contributed by atoms with van der Waals surface area (Å²) >= 11 is 0. The standard InChI is InChI=1S/C46H31N5/c1-29-23-32(45-33(27-48)10-8-18-44(45)51-41-16-4-2-13-37(41)38-14-3-5-17-42(38)51)20-21-36(29)31-9-6-12-35(25-31)50-43-22-19-30(26-47)24-40(43)39-15-7-11-34(28-49)46(39)50/h2-22,24-25,29,32,36H,23H2,1H3. The highest BCUT2D eigenvalue weighted by molar-refractivity contribution is 6.11. The number of benzene rings is 6. The lowest BCUT2D eigenvalue weighted by Crippen LogP contribution is -2.18. The van der Waals surface area contributed by atoms with Gasteiger partial charge in [-0.25, -0.2) is 0 Å². The highest BCUT2D eigenvalue weighted by Crippen LogP contribution is 2.44. The zero-order chi connectivity index (χ0) is 34.6. The van der Waals surface area contributed by atoms with Gasteiger partial charge in [-0.15, -0.1) is 0 Å². The number of para-hydroxylation sites is 3. The van der Waals surface area contributed by atoms with Crippen molar-refractivity contribution in [2.75, 3.05) is 0 Å². The average molecular weight is 654 g/mol. The van der Waals surface area contributed by atoms with Gasteiger partial charge in [0.05, 0.1) is 56.6 Å². The predicted octanol–water partition coefficient (Wildman–Crippen LogP) is 11.0. The molecular weight excluding hydrogens is 623 g/mol. The van der Waals surface area contributed by atoms with E-state index < -0.39 is 0 Å². The number of rotatable bonds is 4. The Labute approximate surface area is 295 Å². The summed E-state index contributed by atoms with van der Waals surface area (Å²) < 4.78 is 4.49. The van der Waals surface area contributed by atoms with Gasteiger partial charge in [-0.3, -0.25) is 0 Å². The fraction of sp³-hybridized carbons (Fsp3) is 0.109. The Morgan fingerprint density at radius 2 is 1.24 bits per heavy atom. The van der Waals surface area contributed by atoms with E-state index in [2.05, 4.69) is 125 Å². The molecule has 3 unspecified atom stereocenters. The molecule has 0 saturated carbocycles. The van der Waals surface area contributed by atoms with E-state index in [0.29, 0.717) is 22.6 Å². The monoisotopic (exact) mass is 653 g/mol. The molecule has 0 amide bonds. The molecule has 0 fully saturated rings. The van der Waals surface area contributed by atoms with E-state index in [1.165, 1.54) is 16.3 Å². The van der Waals surface area contributed by atoms with Crippen molar-refractivity contribution in [3.63, 3.8) is 0 Å².